The molecule has 8 heteroatoms. The van der Waals surface area contributed by atoms with Gasteiger partial charge >= 0.3 is 0 Å². The van der Waals surface area contributed by atoms with Gasteiger partial charge in [0, 0.05) is 40.3 Å². The van der Waals surface area contributed by atoms with E-state index in [9.17, 15) is 4.79 Å². The van der Waals surface area contributed by atoms with E-state index in [1.54, 1.807) is 0 Å². The van der Waals surface area contributed by atoms with E-state index in [0.29, 0.717) is 10.9 Å². The van der Waals surface area contributed by atoms with E-state index in [2.05, 4.69) is 19.7 Å². The van der Waals surface area contributed by atoms with Crippen molar-refractivity contribution in [3.8, 4) is 0 Å². The lowest BCUT2D eigenvalue weighted by Crippen LogP contribution is -2.08. The first-order chi connectivity index (χ1) is 14.8. The smallest absolute Gasteiger partial charge is 0.197 e. The minimum absolute atomic E-state index is 0.0883. The molecule has 0 radical (unpaired) electrons. The number of hydrogen-bond donors (Lipinski definition) is 0. The van der Waals surface area contributed by atoms with Crippen molar-refractivity contribution in [1.29, 1.82) is 0 Å². The second kappa shape index (κ2) is 8.85. The summed E-state index contributed by atoms with van der Waals surface area (Å²) in [7, 11) is 0. The average molecular weight is 454 g/mol. The quantitative estimate of drug-likeness (QED) is 0.290. The third-order valence-electron chi connectivity index (χ3n) is 5.40. The fourth-order valence-corrected chi connectivity index (χ4v) is 4.82. The monoisotopic (exact) mass is 453 g/mol. The summed E-state index contributed by atoms with van der Waals surface area (Å²) < 4.78 is 4.09. The predicted molar refractivity (Wildman–Crippen MR) is 124 cm³/mol. The Bertz CT molecular complexity index is 1260. The van der Waals surface area contributed by atoms with E-state index in [-0.39, 0.29) is 5.78 Å². The molecule has 160 valence electrons. The van der Waals surface area contributed by atoms with Crippen LogP contribution in [0.4, 0.5) is 0 Å². The number of benzene rings is 1. The maximum absolute atomic E-state index is 13.0. The molecule has 0 bridgehead atoms. The molecule has 3 aromatic heterocycles. The lowest BCUT2D eigenvalue weighted by atomic mass is 10.1. The number of hydrogen-bond acceptors (Lipinski definition) is 5. The molecule has 0 spiro atoms. The van der Waals surface area contributed by atoms with Crippen LogP contribution in [0.15, 0.2) is 41.6 Å². The lowest BCUT2D eigenvalue weighted by Gasteiger charge is -2.10. The minimum Gasteiger partial charge on any atom is -0.348 e. The van der Waals surface area contributed by atoms with Crippen molar-refractivity contribution in [3.63, 3.8) is 0 Å². The van der Waals surface area contributed by atoms with E-state index in [1.807, 2.05) is 68.5 Å². The summed E-state index contributed by atoms with van der Waals surface area (Å²) in [5.41, 5.74) is 5.72. The minimum atomic E-state index is 0.0883. The fourth-order valence-electron chi connectivity index (χ4n) is 3.82. The van der Waals surface area contributed by atoms with Gasteiger partial charge in [0.25, 0.3) is 0 Å². The molecule has 0 saturated carbocycles. The molecule has 3 heterocycles. The number of halogens is 1. The van der Waals surface area contributed by atoms with E-state index in [1.165, 1.54) is 17.3 Å². The highest BCUT2D eigenvalue weighted by molar-refractivity contribution is 7.99. The van der Waals surface area contributed by atoms with Crippen LogP contribution in [0.3, 0.4) is 0 Å². The molecule has 0 saturated heterocycles. The van der Waals surface area contributed by atoms with Crippen LogP contribution in [-0.4, -0.2) is 35.7 Å². The topological polar surface area (TPSA) is 65.1 Å². The number of rotatable bonds is 7. The van der Waals surface area contributed by atoms with Gasteiger partial charge in [-0.25, -0.2) is 4.98 Å². The van der Waals surface area contributed by atoms with Gasteiger partial charge in [0.2, 0.25) is 0 Å². The van der Waals surface area contributed by atoms with Gasteiger partial charge in [-0.1, -0.05) is 35.5 Å². The molecular weight excluding hydrogens is 430 g/mol. The maximum atomic E-state index is 13.0. The first-order valence-electron chi connectivity index (χ1n) is 10.1. The molecule has 4 rings (SSSR count). The number of carbonyl (C=O) groups is 1. The van der Waals surface area contributed by atoms with Gasteiger partial charge < -0.3 is 4.57 Å². The first kappa shape index (κ1) is 21.6. The first-order valence-corrected chi connectivity index (χ1v) is 11.5. The van der Waals surface area contributed by atoms with Crippen molar-refractivity contribution >= 4 is 34.8 Å². The summed E-state index contributed by atoms with van der Waals surface area (Å²) in [5.74, 6) is 1.20. The molecule has 0 atom stereocenters. The van der Waals surface area contributed by atoms with Crippen molar-refractivity contribution in [2.75, 3.05) is 5.75 Å². The number of ketones is 1. The molecule has 0 unspecified atom stereocenters. The number of thioether (sulfide) groups is 1. The number of carbonyl (C=O) groups excluding carboxylic acids is 1. The normalized spacial score (nSPS) is 11.4. The molecule has 4 aromatic rings. The average Bonchev–Trinajstić information content (AvgIpc) is 3.26. The number of aromatic nitrogens is 5. The van der Waals surface area contributed by atoms with Gasteiger partial charge in [-0.15, -0.1) is 10.2 Å². The zero-order chi connectivity index (χ0) is 22.1. The molecular formula is C23H24ClN5OS. The van der Waals surface area contributed by atoms with Crippen LogP contribution in [0.1, 0.15) is 38.8 Å². The largest absolute Gasteiger partial charge is 0.348 e. The Morgan fingerprint density at radius 1 is 1.06 bits per heavy atom. The summed E-state index contributed by atoms with van der Waals surface area (Å²) >= 11 is 7.37. The van der Waals surface area contributed by atoms with E-state index >= 15 is 0 Å². The number of nitrogens with zero attached hydrogens (tertiary/aromatic N) is 5. The Morgan fingerprint density at radius 3 is 2.55 bits per heavy atom. The van der Waals surface area contributed by atoms with Crippen LogP contribution >= 0.6 is 23.4 Å². The molecule has 0 amide bonds. The predicted octanol–water partition coefficient (Wildman–Crippen LogP) is 5.03. The number of fused-ring (bicyclic) bond motifs is 1. The van der Waals surface area contributed by atoms with E-state index < -0.39 is 0 Å². The van der Waals surface area contributed by atoms with E-state index in [0.717, 1.165) is 52.1 Å². The lowest BCUT2D eigenvalue weighted by molar-refractivity contribution is 0.102. The van der Waals surface area contributed by atoms with Gasteiger partial charge in [-0.05, 0) is 57.9 Å². The van der Waals surface area contributed by atoms with Crippen molar-refractivity contribution in [2.45, 2.75) is 45.8 Å². The highest BCUT2D eigenvalue weighted by Gasteiger charge is 2.18. The summed E-state index contributed by atoms with van der Waals surface area (Å²) in [6, 6.07) is 11.8. The highest BCUT2D eigenvalue weighted by atomic mass is 35.5. The Hall–Kier alpha value is -2.64. The van der Waals surface area contributed by atoms with Crippen molar-refractivity contribution in [2.24, 2.45) is 0 Å². The van der Waals surface area contributed by atoms with Gasteiger partial charge in [0.05, 0.1) is 5.75 Å². The van der Waals surface area contributed by atoms with Crippen LogP contribution < -0.4 is 0 Å². The summed E-state index contributed by atoms with van der Waals surface area (Å²) in [6.07, 6.45) is 0.882. The second-order valence-electron chi connectivity index (χ2n) is 7.65. The Kier molecular flexibility index (Phi) is 6.16. The Balaban J connectivity index is 1.47. The molecule has 6 nitrogen and oxygen atoms in total. The molecule has 31 heavy (non-hydrogen) atoms. The van der Waals surface area contributed by atoms with Crippen molar-refractivity contribution in [1.82, 2.24) is 24.1 Å². The third-order valence-corrected chi connectivity index (χ3v) is 6.58. The van der Waals surface area contributed by atoms with Crippen molar-refractivity contribution in [3.05, 3.63) is 75.5 Å². The van der Waals surface area contributed by atoms with Crippen LogP contribution in [0, 0.1) is 27.7 Å². The fraction of sp³-hybridized carbons (Fsp3) is 0.304. The standard InChI is InChI=1S/C23H24ClN5OS/c1-14-11-22-26-27-23(29(22)17(4)25-14)31-13-21(30)20-12-15(2)28(16(20)3)10-9-18-5-7-19(24)8-6-18/h5-8,11-12H,9-10,13H2,1-4H3. The van der Waals surface area contributed by atoms with E-state index in [4.69, 9.17) is 11.6 Å². The molecule has 0 N–H and O–H groups in total. The zero-order valence-electron chi connectivity index (χ0n) is 18.0. The molecule has 0 aliphatic rings. The second-order valence-corrected chi connectivity index (χ2v) is 9.02. The van der Waals surface area contributed by atoms with Gasteiger partial charge in [-0.2, -0.15) is 0 Å². The summed E-state index contributed by atoms with van der Waals surface area (Å²) in [6.45, 7) is 8.72. The summed E-state index contributed by atoms with van der Waals surface area (Å²) in [4.78, 5) is 17.5. The van der Waals surface area contributed by atoms with Crippen molar-refractivity contribution < 1.29 is 4.79 Å². The van der Waals surface area contributed by atoms with Gasteiger partial charge in [-0.3, -0.25) is 9.20 Å². The van der Waals surface area contributed by atoms with Crippen LogP contribution in [0.2, 0.25) is 5.02 Å². The van der Waals surface area contributed by atoms with Gasteiger partial charge in [0.15, 0.2) is 16.6 Å². The molecule has 0 fully saturated rings. The summed E-state index contributed by atoms with van der Waals surface area (Å²) in [5, 5.41) is 9.89. The molecule has 1 aromatic carbocycles. The van der Waals surface area contributed by atoms with Crippen LogP contribution in [-0.2, 0) is 13.0 Å². The SMILES string of the molecule is Cc1cc2nnc(SCC(=O)c3cc(C)n(CCc4ccc(Cl)cc4)c3C)n2c(C)n1. The van der Waals surface area contributed by atoms with Gasteiger partial charge in [0.1, 0.15) is 5.82 Å². The highest BCUT2D eigenvalue weighted by Crippen LogP contribution is 2.23. The van der Waals surface area contributed by atoms with Crippen LogP contribution in [0.25, 0.3) is 5.65 Å². The Morgan fingerprint density at radius 2 is 1.81 bits per heavy atom. The molecule has 0 aliphatic heterocycles. The third kappa shape index (κ3) is 4.52. The molecule has 0 aliphatic carbocycles. The number of Topliss-reactive ketones (excluding diaryl/α,β-unsaturated/α-hetero) is 1. The van der Waals surface area contributed by atoms with Crippen LogP contribution in [0.5, 0.6) is 0 Å². The maximum Gasteiger partial charge on any atom is 0.197 e. The number of aryl methyl sites for hydroxylation is 4. The Labute approximate surface area is 190 Å². The zero-order valence-corrected chi connectivity index (χ0v) is 19.6.